The van der Waals surface area contributed by atoms with Gasteiger partial charge in [0.05, 0.1) is 5.25 Å². The Morgan fingerprint density at radius 2 is 1.36 bits per heavy atom. The van der Waals surface area contributed by atoms with Gasteiger partial charge in [-0.25, -0.2) is 4.79 Å². The van der Waals surface area contributed by atoms with Crippen LogP contribution in [0.5, 0.6) is 0 Å². The number of aliphatic carboxylic acids is 1. The zero-order valence-corrected chi connectivity index (χ0v) is 15.9. The van der Waals surface area contributed by atoms with E-state index >= 15 is 0 Å². The lowest BCUT2D eigenvalue weighted by atomic mass is 10.0. The molecule has 0 rings (SSSR count). The molecule has 0 aliphatic rings. The Bertz CT molecular complexity index is 466. The lowest BCUT2D eigenvalue weighted by molar-refractivity contribution is -0.165. The minimum absolute atomic E-state index is 0.154. The zero-order chi connectivity index (χ0) is 19.3. The molecule has 25 heavy (non-hydrogen) atoms. The molecule has 0 aromatic carbocycles. The van der Waals surface area contributed by atoms with Crippen molar-refractivity contribution in [2.24, 2.45) is 0 Å². The van der Waals surface area contributed by atoms with Crippen LogP contribution in [0.1, 0.15) is 90.4 Å². The van der Waals surface area contributed by atoms with Crippen LogP contribution in [0.2, 0.25) is 0 Å². The first kappa shape index (κ1) is 24.2. The van der Waals surface area contributed by atoms with E-state index in [4.69, 9.17) is 5.11 Å². The van der Waals surface area contributed by atoms with Crippen LogP contribution in [0.3, 0.4) is 0 Å². The van der Waals surface area contributed by atoms with Crippen molar-refractivity contribution in [2.45, 2.75) is 102 Å². The Kier molecular flexibility index (Phi) is 12.2. The van der Waals surface area contributed by atoms with E-state index in [9.17, 15) is 26.5 Å². The Morgan fingerprint density at radius 1 is 0.920 bits per heavy atom. The quantitative estimate of drug-likeness (QED) is 0.286. The summed E-state index contributed by atoms with van der Waals surface area (Å²) in [5, 5.41) is 7.24. The van der Waals surface area contributed by atoms with Crippen LogP contribution in [0.25, 0.3) is 0 Å². The van der Waals surface area contributed by atoms with Crippen LogP contribution in [-0.4, -0.2) is 35.2 Å². The molecule has 0 bridgehead atoms. The summed E-state index contributed by atoms with van der Waals surface area (Å²) >= 11 is 0. The largest absolute Gasteiger partial charge is 0.477 e. The summed E-state index contributed by atoms with van der Waals surface area (Å²) < 4.78 is 57.9. The van der Waals surface area contributed by atoms with Gasteiger partial charge in [-0.2, -0.15) is 17.2 Å². The lowest BCUT2D eigenvalue weighted by Gasteiger charge is -2.15. The van der Waals surface area contributed by atoms with Gasteiger partial charge >= 0.3 is 11.9 Å². The molecular formula is C17H32F2O5S. The van der Waals surface area contributed by atoms with Gasteiger partial charge in [0.2, 0.25) is 0 Å². The van der Waals surface area contributed by atoms with Crippen LogP contribution < -0.4 is 0 Å². The highest BCUT2D eigenvalue weighted by Gasteiger charge is 2.38. The van der Waals surface area contributed by atoms with Crippen molar-refractivity contribution >= 4 is 16.1 Å². The fourth-order valence-electron chi connectivity index (χ4n) is 2.78. The van der Waals surface area contributed by atoms with Crippen LogP contribution in [0, 0.1) is 0 Å². The second kappa shape index (κ2) is 12.6. The first-order valence-electron chi connectivity index (χ1n) is 9.18. The number of halogens is 2. The van der Waals surface area contributed by atoms with Gasteiger partial charge in [-0.05, 0) is 19.3 Å². The second-order valence-corrected chi connectivity index (χ2v) is 8.35. The maximum Gasteiger partial charge on any atom is 0.374 e. The van der Waals surface area contributed by atoms with E-state index in [1.165, 1.54) is 25.7 Å². The molecule has 2 N–H and O–H groups in total. The zero-order valence-electron chi connectivity index (χ0n) is 15.1. The standard InChI is InChI=1S/C17H32F2O5S/c1-2-3-4-5-6-7-8-9-10-12-15(25(22,23)24)13-11-14-17(18,19)16(20)21/h15H,2-14H2,1H3,(H,20,21)(H,22,23,24). The van der Waals surface area contributed by atoms with E-state index in [-0.39, 0.29) is 19.3 Å². The van der Waals surface area contributed by atoms with Crippen molar-refractivity contribution in [1.29, 1.82) is 0 Å². The smallest absolute Gasteiger partial charge is 0.374 e. The predicted octanol–water partition coefficient (Wildman–Crippen LogP) is 5.05. The molecule has 1 atom stereocenters. The normalized spacial score (nSPS) is 13.8. The molecule has 0 radical (unpaired) electrons. The van der Waals surface area contributed by atoms with E-state index in [0.717, 1.165) is 25.7 Å². The SMILES string of the molecule is CCCCCCCCCCCC(CCCC(F)(F)C(=O)O)S(=O)(=O)O. The molecule has 0 fully saturated rings. The summed E-state index contributed by atoms with van der Waals surface area (Å²) in [5.41, 5.74) is 0. The molecule has 0 spiro atoms. The predicted molar refractivity (Wildman–Crippen MR) is 93.6 cm³/mol. The van der Waals surface area contributed by atoms with E-state index < -0.39 is 33.7 Å². The van der Waals surface area contributed by atoms with Gasteiger partial charge in [-0.3, -0.25) is 4.55 Å². The molecule has 0 aliphatic heterocycles. The van der Waals surface area contributed by atoms with E-state index in [0.29, 0.717) is 6.42 Å². The summed E-state index contributed by atoms with van der Waals surface area (Å²) in [6.45, 7) is 2.16. The number of rotatable bonds is 16. The van der Waals surface area contributed by atoms with E-state index in [2.05, 4.69) is 6.92 Å². The Morgan fingerprint density at radius 3 is 1.80 bits per heavy atom. The summed E-state index contributed by atoms with van der Waals surface area (Å²) in [7, 11) is -4.30. The lowest BCUT2D eigenvalue weighted by Crippen LogP contribution is -2.29. The number of carboxylic acid groups (broad SMARTS) is 1. The fraction of sp³-hybridized carbons (Fsp3) is 0.941. The number of carboxylic acids is 1. The first-order valence-corrected chi connectivity index (χ1v) is 10.7. The molecule has 0 aliphatic carbocycles. The average Bonchev–Trinajstić information content (AvgIpc) is 2.50. The second-order valence-electron chi connectivity index (χ2n) is 6.66. The Labute approximate surface area is 149 Å². The molecule has 1 unspecified atom stereocenters. The third-order valence-electron chi connectivity index (χ3n) is 4.38. The maximum absolute atomic E-state index is 13.0. The fourth-order valence-corrected chi connectivity index (χ4v) is 3.71. The van der Waals surface area contributed by atoms with Crippen molar-refractivity contribution < 1.29 is 31.7 Å². The molecule has 5 nitrogen and oxygen atoms in total. The molecule has 8 heteroatoms. The molecule has 0 saturated carbocycles. The minimum Gasteiger partial charge on any atom is -0.477 e. The topological polar surface area (TPSA) is 91.7 Å². The third kappa shape index (κ3) is 12.3. The molecular weight excluding hydrogens is 354 g/mol. The summed E-state index contributed by atoms with van der Waals surface area (Å²) in [5.74, 6) is -6.07. The van der Waals surface area contributed by atoms with Gasteiger partial charge in [0.1, 0.15) is 0 Å². The van der Waals surface area contributed by atoms with Crippen molar-refractivity contribution in [3.63, 3.8) is 0 Å². The summed E-state index contributed by atoms with van der Waals surface area (Å²) in [6, 6.07) is 0. The number of hydrogen-bond donors (Lipinski definition) is 2. The highest BCUT2D eigenvalue weighted by Crippen LogP contribution is 2.24. The van der Waals surface area contributed by atoms with Gasteiger partial charge in [-0.15, -0.1) is 0 Å². The molecule has 0 heterocycles. The summed E-state index contributed by atoms with van der Waals surface area (Å²) in [4.78, 5) is 10.3. The third-order valence-corrected chi connectivity index (χ3v) is 5.69. The van der Waals surface area contributed by atoms with Crippen LogP contribution in [0.15, 0.2) is 0 Å². The molecule has 0 saturated heterocycles. The summed E-state index contributed by atoms with van der Waals surface area (Å²) in [6.07, 6.45) is 8.45. The minimum atomic E-state index is -4.30. The monoisotopic (exact) mass is 386 g/mol. The van der Waals surface area contributed by atoms with Gasteiger partial charge in [0.25, 0.3) is 10.1 Å². The first-order chi connectivity index (χ1) is 11.6. The molecule has 0 aromatic heterocycles. The van der Waals surface area contributed by atoms with Crippen molar-refractivity contribution in [1.82, 2.24) is 0 Å². The highest BCUT2D eigenvalue weighted by molar-refractivity contribution is 7.86. The van der Waals surface area contributed by atoms with Gasteiger partial charge in [0.15, 0.2) is 0 Å². The highest BCUT2D eigenvalue weighted by atomic mass is 32.2. The van der Waals surface area contributed by atoms with Crippen LogP contribution in [-0.2, 0) is 14.9 Å². The molecule has 150 valence electrons. The van der Waals surface area contributed by atoms with E-state index in [1.807, 2.05) is 0 Å². The van der Waals surface area contributed by atoms with Crippen LogP contribution in [0.4, 0.5) is 8.78 Å². The van der Waals surface area contributed by atoms with Gasteiger partial charge in [-0.1, -0.05) is 64.7 Å². The van der Waals surface area contributed by atoms with Crippen LogP contribution >= 0.6 is 0 Å². The van der Waals surface area contributed by atoms with Gasteiger partial charge in [0, 0.05) is 6.42 Å². The maximum atomic E-state index is 13.0. The van der Waals surface area contributed by atoms with Crippen molar-refractivity contribution in [2.75, 3.05) is 0 Å². The number of carbonyl (C=O) groups is 1. The molecule has 0 aromatic rings. The Hall–Kier alpha value is -0.760. The average molecular weight is 387 g/mol. The number of hydrogen-bond acceptors (Lipinski definition) is 3. The van der Waals surface area contributed by atoms with E-state index in [1.54, 1.807) is 0 Å². The van der Waals surface area contributed by atoms with Crippen molar-refractivity contribution in [3.8, 4) is 0 Å². The number of unbranched alkanes of at least 4 members (excludes halogenated alkanes) is 8. The number of alkyl halides is 2. The Balaban J connectivity index is 4.00. The van der Waals surface area contributed by atoms with Crippen molar-refractivity contribution in [3.05, 3.63) is 0 Å². The van der Waals surface area contributed by atoms with Gasteiger partial charge < -0.3 is 5.11 Å². The molecule has 0 amide bonds.